The first-order chi connectivity index (χ1) is 7.00. The highest BCUT2D eigenvalue weighted by Gasteiger charge is 2.29. The smallest absolute Gasteiger partial charge is 0.0268 e. The molecule has 0 aromatic heterocycles. The lowest BCUT2D eigenvalue weighted by Crippen LogP contribution is -2.43. The third kappa shape index (κ3) is 4.28. The van der Waals surface area contributed by atoms with Gasteiger partial charge in [-0.3, -0.25) is 0 Å². The molecule has 3 unspecified atom stereocenters. The van der Waals surface area contributed by atoms with Gasteiger partial charge < -0.3 is 5.32 Å². The molecule has 1 saturated carbocycles. The van der Waals surface area contributed by atoms with Gasteiger partial charge in [0.05, 0.1) is 0 Å². The topological polar surface area (TPSA) is 12.0 Å². The molecule has 1 rings (SSSR count). The summed E-state index contributed by atoms with van der Waals surface area (Å²) >= 11 is 3.42. The van der Waals surface area contributed by atoms with E-state index in [2.05, 4.69) is 48.6 Å². The Morgan fingerprint density at radius 1 is 1.47 bits per heavy atom. The Hall–Kier alpha value is 0.180. The van der Waals surface area contributed by atoms with E-state index >= 15 is 0 Å². The van der Waals surface area contributed by atoms with Crippen LogP contribution >= 0.6 is 15.9 Å². The second-order valence-corrected chi connectivity index (χ2v) is 6.45. The maximum Gasteiger partial charge on any atom is 0.0268 e. The van der Waals surface area contributed by atoms with Crippen LogP contribution in [0.4, 0.5) is 0 Å². The second-order valence-electron chi connectivity index (χ2n) is 5.33. The number of rotatable bonds is 4. The van der Waals surface area contributed by atoms with Crippen LogP contribution in [0.1, 0.15) is 40.0 Å². The monoisotopic (exact) mass is 273 g/mol. The van der Waals surface area contributed by atoms with Crippen molar-refractivity contribution >= 4 is 15.9 Å². The molecule has 0 aromatic rings. The summed E-state index contributed by atoms with van der Waals surface area (Å²) in [6.07, 6.45) is 4.10. The Kier molecular flexibility index (Phi) is 5.34. The minimum absolute atomic E-state index is 0.683. The van der Waals surface area contributed by atoms with Gasteiger partial charge in [-0.25, -0.2) is 0 Å². The number of hydrogen-bond acceptors (Lipinski definition) is 1. The van der Waals surface area contributed by atoms with Crippen LogP contribution in [-0.2, 0) is 0 Å². The largest absolute Gasteiger partial charge is 0.309 e. The molecule has 15 heavy (non-hydrogen) atoms. The van der Waals surface area contributed by atoms with Gasteiger partial charge in [0.25, 0.3) is 0 Å². The average molecular weight is 274 g/mol. The first-order valence-electron chi connectivity index (χ1n) is 6.07. The molecule has 2 heteroatoms. The van der Waals surface area contributed by atoms with Crippen LogP contribution in [0, 0.1) is 17.8 Å². The van der Waals surface area contributed by atoms with Crippen molar-refractivity contribution < 1.29 is 0 Å². The molecule has 0 aliphatic heterocycles. The molecule has 0 heterocycles. The van der Waals surface area contributed by atoms with Crippen molar-refractivity contribution in [3.05, 3.63) is 11.1 Å². The van der Waals surface area contributed by atoms with Crippen molar-refractivity contribution in [2.75, 3.05) is 6.54 Å². The van der Waals surface area contributed by atoms with Gasteiger partial charge in [-0.05, 0) is 30.6 Å². The Balaban J connectivity index is 2.50. The molecular formula is C13H24BrN. The predicted octanol–water partition coefficient (Wildman–Crippen LogP) is 3.95. The molecule has 1 aliphatic rings. The summed E-state index contributed by atoms with van der Waals surface area (Å²) in [4.78, 5) is 0. The Morgan fingerprint density at radius 2 is 2.13 bits per heavy atom. The standard InChI is InChI=1S/C13H24BrN/c1-9(2)12-6-5-10(3)7-13(12)15-8-11(4)14/h9-10,12-13,15H,4-8H2,1-3H3. The maximum atomic E-state index is 3.88. The van der Waals surface area contributed by atoms with Gasteiger partial charge in [-0.15, -0.1) is 0 Å². The highest BCUT2D eigenvalue weighted by Crippen LogP contribution is 2.33. The van der Waals surface area contributed by atoms with E-state index in [9.17, 15) is 0 Å². The van der Waals surface area contributed by atoms with Crippen LogP contribution in [0.3, 0.4) is 0 Å². The summed E-state index contributed by atoms with van der Waals surface area (Å²) in [6, 6.07) is 0.683. The zero-order chi connectivity index (χ0) is 11.4. The Bertz CT molecular complexity index is 213. The molecule has 0 spiro atoms. The molecule has 1 N–H and O–H groups in total. The highest BCUT2D eigenvalue weighted by atomic mass is 79.9. The van der Waals surface area contributed by atoms with Gasteiger partial charge in [-0.2, -0.15) is 0 Å². The van der Waals surface area contributed by atoms with E-state index < -0.39 is 0 Å². The van der Waals surface area contributed by atoms with Crippen molar-refractivity contribution in [3.63, 3.8) is 0 Å². The van der Waals surface area contributed by atoms with Crippen LogP contribution < -0.4 is 5.32 Å². The summed E-state index contributed by atoms with van der Waals surface area (Å²) in [6.45, 7) is 11.8. The lowest BCUT2D eigenvalue weighted by Gasteiger charge is -2.38. The predicted molar refractivity (Wildman–Crippen MR) is 71.2 cm³/mol. The van der Waals surface area contributed by atoms with Crippen LogP contribution in [0.2, 0.25) is 0 Å². The van der Waals surface area contributed by atoms with E-state index in [1.165, 1.54) is 19.3 Å². The van der Waals surface area contributed by atoms with E-state index in [4.69, 9.17) is 0 Å². The first-order valence-corrected chi connectivity index (χ1v) is 6.86. The van der Waals surface area contributed by atoms with Gasteiger partial charge in [-0.1, -0.05) is 49.7 Å². The first kappa shape index (κ1) is 13.2. The number of halogens is 1. The van der Waals surface area contributed by atoms with Crippen LogP contribution in [0.15, 0.2) is 11.1 Å². The van der Waals surface area contributed by atoms with Crippen molar-refractivity contribution in [2.24, 2.45) is 17.8 Å². The third-order valence-electron chi connectivity index (χ3n) is 3.58. The molecule has 1 fully saturated rings. The second kappa shape index (κ2) is 6.05. The highest BCUT2D eigenvalue weighted by molar-refractivity contribution is 9.11. The molecule has 0 aromatic carbocycles. The van der Waals surface area contributed by atoms with Crippen LogP contribution in [0.25, 0.3) is 0 Å². The quantitative estimate of drug-likeness (QED) is 0.818. The SMILES string of the molecule is C=C(Br)CNC1CC(C)CCC1C(C)C. The summed E-state index contributed by atoms with van der Waals surface area (Å²) in [5.41, 5.74) is 0. The summed E-state index contributed by atoms with van der Waals surface area (Å²) in [7, 11) is 0. The molecule has 88 valence electrons. The van der Waals surface area contributed by atoms with Gasteiger partial charge in [0.15, 0.2) is 0 Å². The van der Waals surface area contributed by atoms with E-state index in [-0.39, 0.29) is 0 Å². The molecule has 1 nitrogen and oxygen atoms in total. The average Bonchev–Trinajstić information content (AvgIpc) is 2.14. The molecular weight excluding hydrogens is 250 g/mol. The summed E-state index contributed by atoms with van der Waals surface area (Å²) in [5, 5.41) is 3.64. The fraction of sp³-hybridized carbons (Fsp3) is 0.846. The zero-order valence-electron chi connectivity index (χ0n) is 10.2. The molecule has 1 aliphatic carbocycles. The van der Waals surface area contributed by atoms with Crippen molar-refractivity contribution in [3.8, 4) is 0 Å². The molecule has 0 saturated heterocycles. The lowest BCUT2D eigenvalue weighted by molar-refractivity contribution is 0.173. The number of hydrogen-bond donors (Lipinski definition) is 1. The van der Waals surface area contributed by atoms with Crippen molar-refractivity contribution in [1.82, 2.24) is 5.32 Å². The van der Waals surface area contributed by atoms with Crippen molar-refractivity contribution in [2.45, 2.75) is 46.1 Å². The minimum atomic E-state index is 0.683. The van der Waals surface area contributed by atoms with E-state index in [0.29, 0.717) is 6.04 Å². The molecule has 0 bridgehead atoms. The Morgan fingerprint density at radius 3 is 2.67 bits per heavy atom. The van der Waals surface area contributed by atoms with E-state index in [1.807, 2.05) is 0 Å². The van der Waals surface area contributed by atoms with Gasteiger partial charge in [0.1, 0.15) is 0 Å². The Labute approximate surface area is 103 Å². The molecule has 0 radical (unpaired) electrons. The third-order valence-corrected chi connectivity index (χ3v) is 3.86. The summed E-state index contributed by atoms with van der Waals surface area (Å²) in [5.74, 6) is 2.51. The zero-order valence-corrected chi connectivity index (χ0v) is 11.8. The van der Waals surface area contributed by atoms with Gasteiger partial charge in [0, 0.05) is 17.1 Å². The van der Waals surface area contributed by atoms with Crippen molar-refractivity contribution in [1.29, 1.82) is 0 Å². The van der Waals surface area contributed by atoms with Gasteiger partial charge >= 0.3 is 0 Å². The summed E-state index contributed by atoms with van der Waals surface area (Å²) < 4.78 is 1.06. The fourth-order valence-electron chi connectivity index (χ4n) is 2.68. The van der Waals surface area contributed by atoms with E-state index in [1.54, 1.807) is 0 Å². The van der Waals surface area contributed by atoms with Gasteiger partial charge in [0.2, 0.25) is 0 Å². The molecule has 3 atom stereocenters. The molecule has 0 amide bonds. The van der Waals surface area contributed by atoms with Crippen LogP contribution in [-0.4, -0.2) is 12.6 Å². The van der Waals surface area contributed by atoms with Crippen LogP contribution in [0.5, 0.6) is 0 Å². The van der Waals surface area contributed by atoms with E-state index in [0.717, 1.165) is 28.8 Å². The lowest BCUT2D eigenvalue weighted by atomic mass is 9.74. The fourth-order valence-corrected chi connectivity index (χ4v) is 2.84. The normalized spacial score (nSPS) is 31.9. The minimum Gasteiger partial charge on any atom is -0.309 e. The number of nitrogens with one attached hydrogen (secondary N) is 1. The maximum absolute atomic E-state index is 3.88.